The van der Waals surface area contributed by atoms with Crippen LogP contribution in [0.3, 0.4) is 0 Å². The maximum Gasteiger partial charge on any atom is 0.230 e. The molecule has 1 saturated heterocycles. The minimum absolute atomic E-state index is 0.103. The van der Waals surface area contributed by atoms with E-state index in [1.165, 1.54) is 28.0 Å². The van der Waals surface area contributed by atoms with Crippen molar-refractivity contribution in [3.05, 3.63) is 75.6 Å². The van der Waals surface area contributed by atoms with Gasteiger partial charge in [-0.05, 0) is 42.8 Å². The molecule has 0 saturated carbocycles. The number of rotatable bonds is 4. The van der Waals surface area contributed by atoms with Crippen molar-refractivity contribution >= 4 is 33.6 Å². The molecular weight excluding hydrogens is 437 g/mol. The Balaban J connectivity index is 1.48. The number of anilines is 1. The summed E-state index contributed by atoms with van der Waals surface area (Å²) in [5, 5.41) is 15.9. The van der Waals surface area contributed by atoms with Gasteiger partial charge in [0.25, 0.3) is 0 Å². The summed E-state index contributed by atoms with van der Waals surface area (Å²) in [6.45, 7) is 4.90. The Kier molecular flexibility index (Phi) is 5.29. The lowest BCUT2D eigenvalue weighted by atomic mass is 10.0. The van der Waals surface area contributed by atoms with Crippen LogP contribution in [-0.4, -0.2) is 50.8 Å². The van der Waals surface area contributed by atoms with E-state index in [1.807, 2.05) is 36.4 Å². The lowest BCUT2D eigenvalue weighted by Crippen LogP contribution is -2.47. The summed E-state index contributed by atoms with van der Waals surface area (Å²) in [5.41, 5.74) is 1.95. The van der Waals surface area contributed by atoms with Gasteiger partial charge in [0.1, 0.15) is 11.6 Å². The zero-order valence-corrected chi connectivity index (χ0v) is 18.4. The van der Waals surface area contributed by atoms with Crippen molar-refractivity contribution in [2.45, 2.75) is 13.0 Å². The first-order valence-electron chi connectivity index (χ1n) is 10.1. The second-order valence-electron chi connectivity index (χ2n) is 7.57. The highest BCUT2D eigenvalue weighted by Gasteiger charge is 2.32. The number of hydrogen-bond acceptors (Lipinski definition) is 6. The van der Waals surface area contributed by atoms with Gasteiger partial charge in [0.2, 0.25) is 10.8 Å². The van der Waals surface area contributed by atoms with Gasteiger partial charge in [0.05, 0.1) is 10.9 Å². The van der Waals surface area contributed by atoms with Crippen molar-refractivity contribution in [3.8, 4) is 5.88 Å². The monoisotopic (exact) mass is 457 g/mol. The number of hydrogen-bond donors (Lipinski definition) is 1. The molecule has 0 amide bonds. The van der Waals surface area contributed by atoms with Gasteiger partial charge in [-0.15, -0.1) is 5.10 Å². The highest BCUT2D eigenvalue weighted by Crippen LogP contribution is 2.42. The molecule has 0 aliphatic carbocycles. The predicted molar refractivity (Wildman–Crippen MR) is 121 cm³/mol. The molecule has 1 atom stereocenters. The molecule has 2 aromatic heterocycles. The molecule has 0 radical (unpaired) electrons. The highest BCUT2D eigenvalue weighted by atomic mass is 35.5. The van der Waals surface area contributed by atoms with Crippen LogP contribution in [0.5, 0.6) is 5.88 Å². The summed E-state index contributed by atoms with van der Waals surface area (Å²) < 4.78 is 14.8. The molecule has 0 unspecified atom stereocenters. The van der Waals surface area contributed by atoms with Crippen LogP contribution in [0.4, 0.5) is 10.1 Å². The quantitative estimate of drug-likeness (QED) is 0.488. The zero-order valence-electron chi connectivity index (χ0n) is 16.9. The first-order valence-corrected chi connectivity index (χ1v) is 11.2. The number of benzene rings is 2. The van der Waals surface area contributed by atoms with E-state index in [-0.39, 0.29) is 17.7 Å². The van der Waals surface area contributed by atoms with Gasteiger partial charge in [-0.1, -0.05) is 41.1 Å². The van der Waals surface area contributed by atoms with Crippen LogP contribution in [0.25, 0.3) is 4.96 Å². The van der Waals surface area contributed by atoms with E-state index in [2.05, 4.69) is 19.9 Å². The Hall–Kier alpha value is -2.68. The summed E-state index contributed by atoms with van der Waals surface area (Å²) in [6.07, 6.45) is 0. The maximum absolute atomic E-state index is 13.3. The van der Waals surface area contributed by atoms with E-state index >= 15 is 0 Å². The molecule has 31 heavy (non-hydrogen) atoms. The van der Waals surface area contributed by atoms with E-state index in [9.17, 15) is 9.50 Å². The number of thiazole rings is 1. The molecule has 5 rings (SSSR count). The molecule has 3 heterocycles. The normalized spacial score (nSPS) is 16.2. The van der Waals surface area contributed by atoms with Crippen molar-refractivity contribution in [3.63, 3.8) is 0 Å². The molecule has 0 bridgehead atoms. The third-order valence-corrected chi connectivity index (χ3v) is 7.04. The van der Waals surface area contributed by atoms with Crippen LogP contribution in [0.2, 0.25) is 5.02 Å². The van der Waals surface area contributed by atoms with Crippen molar-refractivity contribution in [1.29, 1.82) is 0 Å². The van der Waals surface area contributed by atoms with Crippen LogP contribution < -0.4 is 4.90 Å². The summed E-state index contributed by atoms with van der Waals surface area (Å²) in [7, 11) is 0. The Morgan fingerprint density at radius 3 is 2.45 bits per heavy atom. The van der Waals surface area contributed by atoms with Gasteiger partial charge in [-0.3, -0.25) is 4.90 Å². The zero-order chi connectivity index (χ0) is 21.5. The maximum atomic E-state index is 13.3. The van der Waals surface area contributed by atoms with Crippen molar-refractivity contribution in [2.75, 3.05) is 31.1 Å². The van der Waals surface area contributed by atoms with Gasteiger partial charge in [-0.2, -0.15) is 4.52 Å². The molecule has 2 aromatic carbocycles. The van der Waals surface area contributed by atoms with E-state index in [0.717, 1.165) is 42.3 Å². The average Bonchev–Trinajstić information content (AvgIpc) is 3.28. The Morgan fingerprint density at radius 1 is 1.06 bits per heavy atom. The van der Waals surface area contributed by atoms with Crippen LogP contribution in [0, 0.1) is 12.7 Å². The Bertz CT molecular complexity index is 1220. The number of piperazine rings is 1. The Morgan fingerprint density at radius 2 is 1.77 bits per heavy atom. The molecule has 6 nitrogen and oxygen atoms in total. The molecule has 9 heteroatoms. The number of aryl methyl sites for hydroxylation is 1. The summed E-state index contributed by atoms with van der Waals surface area (Å²) in [5.74, 6) is 0.491. The third-order valence-electron chi connectivity index (χ3n) is 5.62. The summed E-state index contributed by atoms with van der Waals surface area (Å²) in [4.78, 5) is 10.4. The molecular formula is C22H21ClFN5OS. The SMILES string of the molecule is Cc1nc2sc([C@@H](c3ccccc3Cl)N3CCN(c4ccc(F)cc4)CC3)c(O)n2n1. The second-order valence-corrected chi connectivity index (χ2v) is 8.98. The fourth-order valence-electron chi connectivity index (χ4n) is 4.12. The molecule has 1 N–H and O–H groups in total. The van der Waals surface area contributed by atoms with E-state index < -0.39 is 0 Å². The molecule has 1 aliphatic rings. The number of aromatic nitrogens is 3. The van der Waals surface area contributed by atoms with Gasteiger partial charge in [-0.25, -0.2) is 9.37 Å². The first-order chi connectivity index (χ1) is 15.0. The summed E-state index contributed by atoms with van der Waals surface area (Å²) >= 11 is 8.02. The number of aromatic hydroxyl groups is 1. The highest BCUT2D eigenvalue weighted by molar-refractivity contribution is 7.17. The van der Waals surface area contributed by atoms with Crippen molar-refractivity contribution in [2.24, 2.45) is 0 Å². The predicted octanol–water partition coefficient (Wildman–Crippen LogP) is 4.51. The molecule has 1 fully saturated rings. The molecule has 1 aliphatic heterocycles. The van der Waals surface area contributed by atoms with Gasteiger partial charge < -0.3 is 10.0 Å². The smallest absolute Gasteiger partial charge is 0.230 e. The minimum Gasteiger partial charge on any atom is -0.492 e. The van der Waals surface area contributed by atoms with Crippen molar-refractivity contribution in [1.82, 2.24) is 19.5 Å². The van der Waals surface area contributed by atoms with Crippen LogP contribution in [0.1, 0.15) is 22.3 Å². The number of fused-ring (bicyclic) bond motifs is 1. The van der Waals surface area contributed by atoms with Gasteiger partial charge >= 0.3 is 0 Å². The summed E-state index contributed by atoms with van der Waals surface area (Å²) in [6, 6.07) is 14.1. The lowest BCUT2D eigenvalue weighted by Gasteiger charge is -2.40. The second kappa shape index (κ2) is 8.11. The molecule has 160 valence electrons. The van der Waals surface area contributed by atoms with Crippen molar-refractivity contribution < 1.29 is 9.50 Å². The molecule has 0 spiro atoms. The Labute approximate surface area is 188 Å². The topological polar surface area (TPSA) is 56.9 Å². The van der Waals surface area contributed by atoms with Crippen LogP contribution in [-0.2, 0) is 0 Å². The van der Waals surface area contributed by atoms with E-state index in [0.29, 0.717) is 15.8 Å². The van der Waals surface area contributed by atoms with Crippen LogP contribution >= 0.6 is 22.9 Å². The number of halogens is 2. The fraction of sp³-hybridized carbons (Fsp3) is 0.273. The van der Waals surface area contributed by atoms with E-state index in [4.69, 9.17) is 11.6 Å². The number of nitrogens with zero attached hydrogens (tertiary/aromatic N) is 5. The molecule has 4 aromatic rings. The van der Waals surface area contributed by atoms with Crippen LogP contribution in [0.15, 0.2) is 48.5 Å². The lowest BCUT2D eigenvalue weighted by molar-refractivity contribution is 0.211. The first kappa shape index (κ1) is 20.2. The standard InChI is InChI=1S/C22H21ClFN5OS/c1-14-25-22-29(26-14)21(30)20(31-22)19(17-4-2-3-5-18(17)23)28-12-10-27(11-13-28)16-8-6-15(24)7-9-16/h2-9,19,30H,10-13H2,1H3/t19-/m1/s1. The van der Waals surface area contributed by atoms with Gasteiger partial charge in [0, 0.05) is 36.9 Å². The minimum atomic E-state index is -0.233. The average molecular weight is 458 g/mol. The largest absolute Gasteiger partial charge is 0.492 e. The fourth-order valence-corrected chi connectivity index (χ4v) is 5.51. The van der Waals surface area contributed by atoms with Gasteiger partial charge in [0.15, 0.2) is 0 Å². The third kappa shape index (κ3) is 3.75. The van der Waals surface area contributed by atoms with E-state index in [1.54, 1.807) is 6.92 Å².